The highest BCUT2D eigenvalue weighted by atomic mass is 15.4. The predicted octanol–water partition coefficient (Wildman–Crippen LogP) is 8.58. The zero-order valence-corrected chi connectivity index (χ0v) is 25.2. The molecule has 0 unspecified atom stereocenters. The SMILES string of the molecule is Cc1nc2cc(C(C)C)ccc2n1C(n1c(C)nc2cc(C(C)C)ccc21)n1c(C)nc2cc(C(C)C)ccc21. The van der Waals surface area contributed by atoms with Crippen molar-refractivity contribution in [3.8, 4) is 0 Å². The average Bonchev–Trinajstić information content (AvgIpc) is 3.53. The van der Waals surface area contributed by atoms with Gasteiger partial charge in [-0.25, -0.2) is 15.0 Å². The van der Waals surface area contributed by atoms with E-state index in [1.54, 1.807) is 0 Å². The molecule has 206 valence electrons. The number of fused-ring (bicyclic) bond motifs is 3. The van der Waals surface area contributed by atoms with E-state index in [1.165, 1.54) is 16.7 Å². The van der Waals surface area contributed by atoms with Crippen molar-refractivity contribution in [2.45, 2.75) is 86.4 Å². The maximum Gasteiger partial charge on any atom is 0.197 e. The number of nitrogens with zero attached hydrogens (tertiary/aromatic N) is 6. The molecule has 0 saturated carbocycles. The van der Waals surface area contributed by atoms with E-state index in [1.807, 2.05) is 0 Å². The van der Waals surface area contributed by atoms with E-state index in [-0.39, 0.29) is 6.29 Å². The molecule has 0 fully saturated rings. The molecule has 0 bridgehead atoms. The molecule has 0 amide bonds. The fourth-order valence-corrected chi connectivity index (χ4v) is 6.01. The van der Waals surface area contributed by atoms with Crippen molar-refractivity contribution in [1.82, 2.24) is 28.7 Å². The predicted molar refractivity (Wildman–Crippen MR) is 166 cm³/mol. The standard InChI is InChI=1S/C34H40N6/c1-19(2)25-10-13-31-28(16-25)35-22(7)38(31)34(39-23(8)36-29-17-26(20(3)4)11-14-32(29)39)40-24(9)37-30-18-27(21(5)6)12-15-33(30)40/h10-21,34H,1-9H3. The number of hydrogen-bond acceptors (Lipinski definition) is 3. The summed E-state index contributed by atoms with van der Waals surface area (Å²) in [6, 6.07) is 20.1. The van der Waals surface area contributed by atoms with Gasteiger partial charge in [-0.1, -0.05) is 59.7 Å². The minimum Gasteiger partial charge on any atom is -0.288 e. The fourth-order valence-electron chi connectivity index (χ4n) is 6.01. The van der Waals surface area contributed by atoms with Gasteiger partial charge in [-0.2, -0.15) is 0 Å². The lowest BCUT2D eigenvalue weighted by molar-refractivity contribution is 0.375. The van der Waals surface area contributed by atoms with Gasteiger partial charge in [0.1, 0.15) is 17.5 Å². The van der Waals surface area contributed by atoms with Gasteiger partial charge in [-0.15, -0.1) is 0 Å². The van der Waals surface area contributed by atoms with E-state index in [0.29, 0.717) is 17.8 Å². The van der Waals surface area contributed by atoms with Crippen LogP contribution in [0.3, 0.4) is 0 Å². The van der Waals surface area contributed by atoms with E-state index in [2.05, 4.69) is 131 Å². The number of hydrogen-bond donors (Lipinski definition) is 0. The van der Waals surface area contributed by atoms with E-state index in [9.17, 15) is 0 Å². The fraction of sp³-hybridized carbons (Fsp3) is 0.382. The molecule has 40 heavy (non-hydrogen) atoms. The van der Waals surface area contributed by atoms with Gasteiger partial charge in [-0.3, -0.25) is 13.7 Å². The molecule has 0 N–H and O–H groups in total. The van der Waals surface area contributed by atoms with Crippen molar-refractivity contribution in [3.63, 3.8) is 0 Å². The number of imidazole rings is 3. The second-order valence-electron chi connectivity index (χ2n) is 12.1. The third kappa shape index (κ3) is 4.12. The summed E-state index contributed by atoms with van der Waals surface area (Å²) in [5.41, 5.74) is 10.2. The second kappa shape index (κ2) is 9.61. The maximum absolute atomic E-state index is 5.09. The molecular weight excluding hydrogens is 492 g/mol. The van der Waals surface area contributed by atoms with Crippen LogP contribution in [0.25, 0.3) is 33.1 Å². The molecule has 3 aromatic heterocycles. The topological polar surface area (TPSA) is 53.5 Å². The van der Waals surface area contributed by atoms with Crippen LogP contribution >= 0.6 is 0 Å². The number of benzene rings is 3. The highest BCUT2D eigenvalue weighted by Gasteiger charge is 2.28. The average molecular weight is 533 g/mol. The zero-order valence-electron chi connectivity index (χ0n) is 25.2. The molecule has 0 spiro atoms. The first-order chi connectivity index (χ1) is 19.0. The summed E-state index contributed by atoms with van der Waals surface area (Å²) in [4.78, 5) is 15.3. The lowest BCUT2D eigenvalue weighted by atomic mass is 10.0. The van der Waals surface area contributed by atoms with Crippen molar-refractivity contribution in [2.24, 2.45) is 0 Å². The molecule has 6 rings (SSSR count). The zero-order chi connectivity index (χ0) is 28.5. The van der Waals surface area contributed by atoms with Crippen molar-refractivity contribution in [2.75, 3.05) is 0 Å². The van der Waals surface area contributed by atoms with Crippen molar-refractivity contribution < 1.29 is 0 Å². The van der Waals surface area contributed by atoms with Crippen LogP contribution in [-0.4, -0.2) is 28.7 Å². The Balaban J connectivity index is 1.69. The normalized spacial score (nSPS) is 12.5. The van der Waals surface area contributed by atoms with E-state index >= 15 is 0 Å². The third-order valence-corrected chi connectivity index (χ3v) is 8.36. The molecule has 6 aromatic rings. The first kappa shape index (κ1) is 26.3. The Kier molecular flexibility index (Phi) is 6.32. The highest BCUT2D eigenvalue weighted by Crippen LogP contribution is 2.34. The Labute approximate surface area is 236 Å². The Morgan fingerprint density at radius 2 is 0.725 bits per heavy atom. The summed E-state index contributed by atoms with van der Waals surface area (Å²) in [6.07, 6.45) is -0.264. The first-order valence-electron chi connectivity index (χ1n) is 14.5. The number of aryl methyl sites for hydroxylation is 3. The Morgan fingerprint density at radius 3 is 0.975 bits per heavy atom. The monoisotopic (exact) mass is 532 g/mol. The minimum atomic E-state index is -0.264. The number of rotatable bonds is 6. The van der Waals surface area contributed by atoms with Gasteiger partial charge in [0, 0.05) is 0 Å². The van der Waals surface area contributed by atoms with Gasteiger partial charge in [0.25, 0.3) is 0 Å². The van der Waals surface area contributed by atoms with Crippen LogP contribution < -0.4 is 0 Å². The summed E-state index contributed by atoms with van der Waals surface area (Å²) in [6.45, 7) is 19.7. The Hall–Kier alpha value is -3.93. The summed E-state index contributed by atoms with van der Waals surface area (Å²) in [7, 11) is 0. The molecule has 0 aliphatic heterocycles. The van der Waals surface area contributed by atoms with Gasteiger partial charge in [0.05, 0.1) is 33.1 Å². The third-order valence-electron chi connectivity index (χ3n) is 8.36. The summed E-state index contributed by atoms with van der Waals surface area (Å²) < 4.78 is 7.07. The largest absolute Gasteiger partial charge is 0.288 e. The van der Waals surface area contributed by atoms with Crippen LogP contribution in [0.2, 0.25) is 0 Å². The molecule has 3 aromatic carbocycles. The molecule has 3 heterocycles. The molecule has 0 aliphatic carbocycles. The lowest BCUT2D eigenvalue weighted by Gasteiger charge is -2.28. The van der Waals surface area contributed by atoms with Gasteiger partial charge in [0.2, 0.25) is 0 Å². The molecule has 0 radical (unpaired) electrons. The molecule has 0 saturated heterocycles. The van der Waals surface area contributed by atoms with Crippen LogP contribution in [-0.2, 0) is 0 Å². The Morgan fingerprint density at radius 1 is 0.450 bits per heavy atom. The van der Waals surface area contributed by atoms with Crippen LogP contribution in [0, 0.1) is 20.8 Å². The second-order valence-corrected chi connectivity index (χ2v) is 12.1. The molecule has 6 nitrogen and oxygen atoms in total. The Bertz CT molecular complexity index is 1660. The van der Waals surface area contributed by atoms with Gasteiger partial charge in [-0.05, 0) is 91.6 Å². The van der Waals surface area contributed by atoms with E-state index in [4.69, 9.17) is 15.0 Å². The highest BCUT2D eigenvalue weighted by molar-refractivity contribution is 5.81. The molecule has 6 heteroatoms. The molecule has 0 atom stereocenters. The molecule has 0 aliphatic rings. The van der Waals surface area contributed by atoms with E-state index < -0.39 is 0 Å². The van der Waals surface area contributed by atoms with Crippen LogP contribution in [0.15, 0.2) is 54.6 Å². The van der Waals surface area contributed by atoms with Crippen LogP contribution in [0.5, 0.6) is 0 Å². The first-order valence-corrected chi connectivity index (χ1v) is 14.5. The van der Waals surface area contributed by atoms with Crippen molar-refractivity contribution in [1.29, 1.82) is 0 Å². The van der Waals surface area contributed by atoms with Crippen LogP contribution in [0.1, 0.15) is 99.7 Å². The summed E-state index contributed by atoms with van der Waals surface area (Å²) in [5.74, 6) is 4.20. The van der Waals surface area contributed by atoms with Crippen LogP contribution in [0.4, 0.5) is 0 Å². The maximum atomic E-state index is 5.09. The number of aromatic nitrogens is 6. The summed E-state index contributed by atoms with van der Waals surface area (Å²) in [5, 5.41) is 0. The van der Waals surface area contributed by atoms with Gasteiger partial charge in [0.15, 0.2) is 6.29 Å². The molecular formula is C34H40N6. The van der Waals surface area contributed by atoms with Gasteiger partial charge >= 0.3 is 0 Å². The van der Waals surface area contributed by atoms with Crippen molar-refractivity contribution >= 4 is 33.1 Å². The smallest absolute Gasteiger partial charge is 0.197 e. The summed E-state index contributed by atoms with van der Waals surface area (Å²) >= 11 is 0. The van der Waals surface area contributed by atoms with Gasteiger partial charge < -0.3 is 0 Å². The lowest BCUT2D eigenvalue weighted by Crippen LogP contribution is -2.28. The quantitative estimate of drug-likeness (QED) is 0.216. The minimum absolute atomic E-state index is 0.264. The van der Waals surface area contributed by atoms with E-state index in [0.717, 1.165) is 50.6 Å². The van der Waals surface area contributed by atoms with Crippen molar-refractivity contribution in [3.05, 3.63) is 88.8 Å².